The number of aromatic amines is 1. The third-order valence-corrected chi connectivity index (χ3v) is 5.51. The highest BCUT2D eigenvalue weighted by Gasteiger charge is 2.26. The van der Waals surface area contributed by atoms with Crippen LogP contribution < -0.4 is 0 Å². The van der Waals surface area contributed by atoms with E-state index in [4.69, 9.17) is 9.47 Å². The van der Waals surface area contributed by atoms with Gasteiger partial charge in [0.15, 0.2) is 0 Å². The number of hydrogen-bond acceptors (Lipinski definition) is 5. The predicted molar refractivity (Wildman–Crippen MR) is 115 cm³/mol. The van der Waals surface area contributed by atoms with E-state index in [2.05, 4.69) is 29.1 Å². The number of ether oxygens (including phenoxy) is 2. The molecule has 7 heteroatoms. The van der Waals surface area contributed by atoms with Crippen molar-refractivity contribution in [3.8, 4) is 0 Å². The molecule has 1 fully saturated rings. The molecule has 0 saturated heterocycles. The number of carbonyl (C=O) groups excluding carboxylic acids is 1. The Morgan fingerprint density at radius 1 is 1.21 bits per heavy atom. The van der Waals surface area contributed by atoms with Gasteiger partial charge in [0.05, 0.1) is 5.69 Å². The van der Waals surface area contributed by atoms with Crippen LogP contribution in [0.3, 0.4) is 0 Å². The van der Waals surface area contributed by atoms with Gasteiger partial charge in [-0.3, -0.25) is 5.10 Å². The van der Waals surface area contributed by atoms with E-state index in [9.17, 15) is 4.79 Å². The van der Waals surface area contributed by atoms with Gasteiger partial charge in [0.25, 0.3) is 0 Å². The van der Waals surface area contributed by atoms with Crippen molar-refractivity contribution in [1.82, 2.24) is 20.0 Å². The zero-order chi connectivity index (χ0) is 21.4. The number of aromatic nitrogens is 2. The van der Waals surface area contributed by atoms with Crippen molar-refractivity contribution in [3.05, 3.63) is 17.5 Å². The molecule has 0 radical (unpaired) electrons. The summed E-state index contributed by atoms with van der Waals surface area (Å²) in [5.41, 5.74) is 2.01. The fourth-order valence-corrected chi connectivity index (χ4v) is 3.81. The molecular formula is C22H40N4O3. The first-order chi connectivity index (χ1) is 13.7. The van der Waals surface area contributed by atoms with Crippen LogP contribution >= 0.6 is 0 Å². The van der Waals surface area contributed by atoms with E-state index in [-0.39, 0.29) is 6.09 Å². The van der Waals surface area contributed by atoms with Gasteiger partial charge < -0.3 is 19.3 Å². The van der Waals surface area contributed by atoms with Crippen molar-refractivity contribution in [2.24, 2.45) is 5.92 Å². The van der Waals surface area contributed by atoms with Gasteiger partial charge in [-0.25, -0.2) is 4.79 Å². The van der Waals surface area contributed by atoms with Crippen LogP contribution in [0.2, 0.25) is 0 Å². The summed E-state index contributed by atoms with van der Waals surface area (Å²) in [7, 11) is 3.87. The average Bonchev–Trinajstić information content (AvgIpc) is 3.11. The molecule has 0 bridgehead atoms. The molecule has 1 saturated carbocycles. The maximum Gasteiger partial charge on any atom is 0.410 e. The van der Waals surface area contributed by atoms with Gasteiger partial charge >= 0.3 is 6.09 Å². The van der Waals surface area contributed by atoms with Crippen molar-refractivity contribution in [2.45, 2.75) is 71.4 Å². The minimum absolute atomic E-state index is 0.279. The maximum atomic E-state index is 12.1. The fraction of sp³-hybridized carbons (Fsp3) is 0.818. The van der Waals surface area contributed by atoms with Crippen molar-refractivity contribution in [3.63, 3.8) is 0 Å². The summed E-state index contributed by atoms with van der Waals surface area (Å²) in [6.07, 6.45) is 6.54. The number of likely N-dealkylation sites (N-methyl/N-ethyl adjacent to an activating group) is 2. The lowest BCUT2D eigenvalue weighted by Gasteiger charge is -2.28. The van der Waals surface area contributed by atoms with E-state index >= 15 is 0 Å². The van der Waals surface area contributed by atoms with Crippen LogP contribution in [0.5, 0.6) is 0 Å². The number of carbonyl (C=O) groups is 1. The van der Waals surface area contributed by atoms with Crippen LogP contribution in [0.4, 0.5) is 4.79 Å². The molecule has 1 aliphatic carbocycles. The standard InChI is InChI=1S/C22H40N4O3/c1-7-28-16-17-8-10-18(11-9-17)20-19(14-23-24-20)15-25(5)12-13-26(6)21(27)29-22(2,3)4/h14,17-18H,7-13,15-16H2,1-6H3,(H,23,24)/t17-,18-. The van der Waals surface area contributed by atoms with E-state index in [1.54, 1.807) is 11.9 Å². The summed E-state index contributed by atoms with van der Waals surface area (Å²) < 4.78 is 11.0. The first-order valence-corrected chi connectivity index (χ1v) is 10.9. The SMILES string of the molecule is CCOC[C@H]1CC[C@H](c2n[nH]cc2CN(C)CCN(C)C(=O)OC(C)(C)C)CC1. The monoisotopic (exact) mass is 408 g/mol. The highest BCUT2D eigenvalue weighted by atomic mass is 16.6. The number of amides is 1. The molecule has 0 aliphatic heterocycles. The summed E-state index contributed by atoms with van der Waals surface area (Å²) >= 11 is 0. The lowest BCUT2D eigenvalue weighted by molar-refractivity contribution is 0.0286. The normalized spacial score (nSPS) is 20.1. The Labute approximate surface area is 176 Å². The number of hydrogen-bond donors (Lipinski definition) is 1. The molecule has 7 nitrogen and oxygen atoms in total. The van der Waals surface area contributed by atoms with E-state index in [0.717, 1.165) is 26.3 Å². The van der Waals surface area contributed by atoms with Gasteiger partial charge in [-0.05, 0) is 66.3 Å². The summed E-state index contributed by atoms with van der Waals surface area (Å²) in [5.74, 6) is 1.23. The number of rotatable bonds is 9. The van der Waals surface area contributed by atoms with Gasteiger partial charge in [-0.2, -0.15) is 5.10 Å². The summed E-state index contributed by atoms with van der Waals surface area (Å²) in [4.78, 5) is 16.0. The van der Waals surface area contributed by atoms with Crippen LogP contribution in [-0.2, 0) is 16.0 Å². The second-order valence-electron chi connectivity index (χ2n) is 9.31. The highest BCUT2D eigenvalue weighted by Crippen LogP contribution is 2.36. The first-order valence-electron chi connectivity index (χ1n) is 10.9. The van der Waals surface area contributed by atoms with Crippen molar-refractivity contribution < 1.29 is 14.3 Å². The zero-order valence-electron chi connectivity index (χ0n) is 19.2. The lowest BCUT2D eigenvalue weighted by Crippen LogP contribution is -2.38. The van der Waals surface area contributed by atoms with Crippen LogP contribution in [0.25, 0.3) is 0 Å². The average molecular weight is 409 g/mol. The van der Waals surface area contributed by atoms with Gasteiger partial charge in [0, 0.05) is 57.6 Å². The topological polar surface area (TPSA) is 70.7 Å². The van der Waals surface area contributed by atoms with Gasteiger partial charge in [-0.15, -0.1) is 0 Å². The van der Waals surface area contributed by atoms with Crippen LogP contribution in [0.15, 0.2) is 6.20 Å². The smallest absolute Gasteiger partial charge is 0.410 e. The van der Waals surface area contributed by atoms with Gasteiger partial charge in [-0.1, -0.05) is 0 Å². The van der Waals surface area contributed by atoms with Crippen LogP contribution in [-0.4, -0.2) is 72.1 Å². The Bertz CT molecular complexity index is 618. The Morgan fingerprint density at radius 3 is 2.52 bits per heavy atom. The van der Waals surface area contributed by atoms with Crippen molar-refractivity contribution in [1.29, 1.82) is 0 Å². The zero-order valence-corrected chi connectivity index (χ0v) is 19.2. The molecule has 1 aromatic rings. The maximum absolute atomic E-state index is 12.1. The Morgan fingerprint density at radius 2 is 1.90 bits per heavy atom. The third-order valence-electron chi connectivity index (χ3n) is 5.51. The quantitative estimate of drug-likeness (QED) is 0.668. The lowest BCUT2D eigenvalue weighted by atomic mass is 9.80. The number of H-pyrrole nitrogens is 1. The summed E-state index contributed by atoms with van der Waals surface area (Å²) in [6.45, 7) is 11.6. The first kappa shape index (κ1) is 23.7. The predicted octanol–water partition coefficient (Wildman–Crippen LogP) is 4.02. The largest absolute Gasteiger partial charge is 0.444 e. The van der Waals surface area contributed by atoms with Crippen molar-refractivity contribution >= 4 is 6.09 Å². The number of nitrogens with zero attached hydrogens (tertiary/aromatic N) is 3. The van der Waals surface area contributed by atoms with E-state index in [0.29, 0.717) is 18.4 Å². The number of nitrogens with one attached hydrogen (secondary N) is 1. The molecule has 0 unspecified atom stereocenters. The molecule has 1 aliphatic rings. The minimum atomic E-state index is -0.468. The highest BCUT2D eigenvalue weighted by molar-refractivity contribution is 5.67. The van der Waals surface area contributed by atoms with E-state index in [1.165, 1.54) is 36.9 Å². The van der Waals surface area contributed by atoms with Gasteiger partial charge in [0.2, 0.25) is 0 Å². The molecule has 0 aromatic carbocycles. The molecular weight excluding hydrogens is 368 g/mol. The second kappa shape index (κ2) is 11.0. The summed E-state index contributed by atoms with van der Waals surface area (Å²) in [6, 6.07) is 0. The van der Waals surface area contributed by atoms with E-state index in [1.807, 2.05) is 27.0 Å². The van der Waals surface area contributed by atoms with Crippen molar-refractivity contribution in [2.75, 3.05) is 40.4 Å². The third kappa shape index (κ3) is 7.97. The molecule has 0 atom stereocenters. The Kier molecular flexibility index (Phi) is 8.96. The molecule has 29 heavy (non-hydrogen) atoms. The minimum Gasteiger partial charge on any atom is -0.444 e. The van der Waals surface area contributed by atoms with Crippen LogP contribution in [0, 0.1) is 5.92 Å². The molecule has 1 N–H and O–H groups in total. The summed E-state index contributed by atoms with van der Waals surface area (Å²) in [5, 5.41) is 7.65. The molecule has 0 spiro atoms. The fourth-order valence-electron chi connectivity index (χ4n) is 3.81. The van der Waals surface area contributed by atoms with Crippen LogP contribution in [0.1, 0.15) is 70.6 Å². The Balaban J connectivity index is 1.80. The molecule has 1 aromatic heterocycles. The molecule has 2 rings (SSSR count). The second-order valence-corrected chi connectivity index (χ2v) is 9.31. The molecule has 166 valence electrons. The Hall–Kier alpha value is -1.60. The molecule has 1 heterocycles. The van der Waals surface area contributed by atoms with E-state index < -0.39 is 5.60 Å². The van der Waals surface area contributed by atoms with Gasteiger partial charge in [0.1, 0.15) is 5.60 Å². The molecule has 1 amide bonds.